The Morgan fingerprint density at radius 1 is 1.08 bits per heavy atom. The molecule has 0 spiro atoms. The maximum atomic E-state index is 11.7. The number of aromatic nitrogens is 3. The molecule has 3 N–H and O–H groups in total. The minimum Gasteiger partial charge on any atom is -0.366 e. The van der Waals surface area contributed by atoms with Gasteiger partial charge in [-0.2, -0.15) is 0 Å². The molecule has 0 aliphatic carbocycles. The van der Waals surface area contributed by atoms with Crippen molar-refractivity contribution in [2.75, 3.05) is 5.32 Å². The van der Waals surface area contributed by atoms with Crippen LogP contribution in [0.2, 0.25) is 0 Å². The lowest BCUT2D eigenvalue weighted by Gasteiger charge is -2.11. The van der Waals surface area contributed by atoms with Crippen LogP contribution in [0, 0.1) is 0 Å². The summed E-state index contributed by atoms with van der Waals surface area (Å²) in [6.45, 7) is 0. The number of anilines is 2. The van der Waals surface area contributed by atoms with Crippen molar-refractivity contribution in [3.05, 3.63) is 65.8 Å². The van der Waals surface area contributed by atoms with E-state index in [9.17, 15) is 4.79 Å². The van der Waals surface area contributed by atoms with Crippen molar-refractivity contribution in [1.29, 1.82) is 0 Å². The van der Waals surface area contributed by atoms with Gasteiger partial charge >= 0.3 is 0 Å². The molecule has 0 unspecified atom stereocenters. The van der Waals surface area contributed by atoms with Gasteiger partial charge in [0.2, 0.25) is 0 Å². The van der Waals surface area contributed by atoms with Gasteiger partial charge in [-0.25, -0.2) is 9.97 Å². The standard InChI is InChI=1S/C18H13N5OS/c19-15(24)12-5-1-2-6-14(12)21-17-13-7-9-25-18(13)23-16(22-17)11-4-3-8-20-10-11/h1-10H,(H2,19,24)(H,21,22,23). The minimum atomic E-state index is -0.494. The summed E-state index contributed by atoms with van der Waals surface area (Å²) in [6.07, 6.45) is 3.42. The van der Waals surface area contributed by atoms with E-state index in [4.69, 9.17) is 5.73 Å². The number of nitrogens with two attached hydrogens (primary N) is 1. The summed E-state index contributed by atoms with van der Waals surface area (Å²) in [7, 11) is 0. The molecular weight excluding hydrogens is 334 g/mol. The average molecular weight is 347 g/mol. The highest BCUT2D eigenvalue weighted by Gasteiger charge is 2.13. The molecule has 0 bridgehead atoms. The predicted octanol–water partition coefficient (Wildman–Crippen LogP) is 3.60. The van der Waals surface area contributed by atoms with Crippen LogP contribution in [-0.2, 0) is 0 Å². The van der Waals surface area contributed by atoms with Gasteiger partial charge in [0.1, 0.15) is 10.6 Å². The number of primary amides is 1. The third-order valence-electron chi connectivity index (χ3n) is 3.69. The molecule has 0 aliphatic heterocycles. The van der Waals surface area contributed by atoms with Gasteiger partial charge in [0.05, 0.1) is 16.6 Å². The molecule has 0 radical (unpaired) electrons. The summed E-state index contributed by atoms with van der Waals surface area (Å²) in [4.78, 5) is 25.9. The molecule has 25 heavy (non-hydrogen) atoms. The van der Waals surface area contributed by atoms with Crippen molar-refractivity contribution in [1.82, 2.24) is 15.0 Å². The summed E-state index contributed by atoms with van der Waals surface area (Å²) >= 11 is 1.53. The van der Waals surface area contributed by atoms with Crippen molar-refractivity contribution in [3.8, 4) is 11.4 Å². The molecule has 0 aliphatic rings. The first-order valence-electron chi connectivity index (χ1n) is 7.54. The number of carbonyl (C=O) groups excluding carboxylic acids is 1. The van der Waals surface area contributed by atoms with E-state index in [0.29, 0.717) is 22.9 Å². The topological polar surface area (TPSA) is 93.8 Å². The number of benzene rings is 1. The summed E-state index contributed by atoms with van der Waals surface area (Å²) in [6, 6.07) is 12.8. The molecule has 0 saturated heterocycles. The molecule has 0 saturated carbocycles. The summed E-state index contributed by atoms with van der Waals surface area (Å²) in [5.74, 6) is 0.701. The van der Waals surface area contributed by atoms with Crippen molar-refractivity contribution >= 4 is 39.0 Å². The molecule has 0 fully saturated rings. The number of carbonyl (C=O) groups is 1. The van der Waals surface area contributed by atoms with E-state index in [1.165, 1.54) is 11.3 Å². The largest absolute Gasteiger partial charge is 0.366 e. The van der Waals surface area contributed by atoms with Gasteiger partial charge < -0.3 is 11.1 Å². The van der Waals surface area contributed by atoms with Crippen molar-refractivity contribution in [2.24, 2.45) is 5.73 Å². The van der Waals surface area contributed by atoms with Gasteiger partial charge in [-0.15, -0.1) is 11.3 Å². The zero-order valence-corrected chi connectivity index (χ0v) is 13.8. The Labute approximate surface area is 147 Å². The maximum Gasteiger partial charge on any atom is 0.250 e. The third kappa shape index (κ3) is 2.92. The van der Waals surface area contributed by atoms with Crippen molar-refractivity contribution < 1.29 is 4.79 Å². The highest BCUT2D eigenvalue weighted by atomic mass is 32.1. The number of rotatable bonds is 4. The Balaban J connectivity index is 1.85. The molecule has 6 nitrogen and oxygen atoms in total. The average Bonchev–Trinajstić information content (AvgIpc) is 3.11. The third-order valence-corrected chi connectivity index (χ3v) is 4.50. The molecule has 122 valence electrons. The number of hydrogen-bond acceptors (Lipinski definition) is 6. The lowest BCUT2D eigenvalue weighted by Crippen LogP contribution is -2.13. The Morgan fingerprint density at radius 3 is 2.76 bits per heavy atom. The van der Waals surface area contributed by atoms with Crippen LogP contribution < -0.4 is 11.1 Å². The highest BCUT2D eigenvalue weighted by Crippen LogP contribution is 2.31. The van der Waals surface area contributed by atoms with Gasteiger partial charge in [0, 0.05) is 18.0 Å². The number of thiophene rings is 1. The molecule has 4 rings (SSSR count). The van der Waals surface area contributed by atoms with E-state index in [1.54, 1.807) is 30.6 Å². The molecule has 4 aromatic rings. The zero-order valence-electron chi connectivity index (χ0n) is 13.0. The monoisotopic (exact) mass is 347 g/mol. The first-order chi connectivity index (χ1) is 12.2. The Bertz CT molecular complexity index is 1060. The number of hydrogen-bond donors (Lipinski definition) is 2. The quantitative estimate of drug-likeness (QED) is 0.588. The first kappa shape index (κ1) is 15.2. The van der Waals surface area contributed by atoms with E-state index in [0.717, 1.165) is 15.8 Å². The highest BCUT2D eigenvalue weighted by molar-refractivity contribution is 7.16. The van der Waals surface area contributed by atoms with Crippen LogP contribution in [0.5, 0.6) is 0 Å². The fraction of sp³-hybridized carbons (Fsp3) is 0. The van der Waals surface area contributed by atoms with E-state index in [2.05, 4.69) is 20.3 Å². The van der Waals surface area contributed by atoms with Crippen LogP contribution in [0.4, 0.5) is 11.5 Å². The van der Waals surface area contributed by atoms with Crippen molar-refractivity contribution in [2.45, 2.75) is 0 Å². The number of pyridine rings is 1. The van der Waals surface area contributed by atoms with Crippen LogP contribution >= 0.6 is 11.3 Å². The Kier molecular flexibility index (Phi) is 3.83. The van der Waals surface area contributed by atoms with Crippen molar-refractivity contribution in [3.63, 3.8) is 0 Å². The maximum absolute atomic E-state index is 11.7. The molecule has 3 heterocycles. The normalized spacial score (nSPS) is 10.7. The van der Waals surface area contributed by atoms with E-state index in [1.807, 2.05) is 29.6 Å². The predicted molar refractivity (Wildman–Crippen MR) is 98.9 cm³/mol. The van der Waals surface area contributed by atoms with Crippen LogP contribution in [0.25, 0.3) is 21.6 Å². The second-order valence-electron chi connectivity index (χ2n) is 5.31. The lowest BCUT2D eigenvalue weighted by atomic mass is 10.1. The molecule has 1 amide bonds. The number of amides is 1. The SMILES string of the molecule is NC(=O)c1ccccc1Nc1nc(-c2cccnc2)nc2sccc12. The second-order valence-corrected chi connectivity index (χ2v) is 6.21. The fourth-order valence-electron chi connectivity index (χ4n) is 2.51. The molecule has 3 aromatic heterocycles. The number of fused-ring (bicyclic) bond motifs is 1. The van der Waals surface area contributed by atoms with Gasteiger partial charge in [-0.3, -0.25) is 9.78 Å². The van der Waals surface area contributed by atoms with E-state index >= 15 is 0 Å². The first-order valence-corrected chi connectivity index (χ1v) is 8.42. The molecule has 0 atom stereocenters. The zero-order chi connectivity index (χ0) is 17.2. The summed E-state index contributed by atoms with van der Waals surface area (Å²) in [5.41, 5.74) is 7.31. The number of nitrogens with zero attached hydrogens (tertiary/aromatic N) is 3. The summed E-state index contributed by atoms with van der Waals surface area (Å²) < 4.78 is 0. The van der Waals surface area contributed by atoms with Gasteiger partial charge in [0.25, 0.3) is 5.91 Å². The lowest BCUT2D eigenvalue weighted by molar-refractivity contribution is 0.100. The van der Waals surface area contributed by atoms with Gasteiger partial charge in [-0.05, 0) is 35.7 Å². The second kappa shape index (κ2) is 6.29. The van der Waals surface area contributed by atoms with Crippen LogP contribution in [0.3, 0.4) is 0 Å². The van der Waals surface area contributed by atoms with Crippen LogP contribution in [-0.4, -0.2) is 20.9 Å². The fourth-order valence-corrected chi connectivity index (χ4v) is 3.27. The smallest absolute Gasteiger partial charge is 0.250 e. The van der Waals surface area contributed by atoms with Crippen LogP contribution in [0.15, 0.2) is 60.2 Å². The minimum absolute atomic E-state index is 0.410. The number of nitrogens with one attached hydrogen (secondary N) is 1. The van der Waals surface area contributed by atoms with Crippen LogP contribution in [0.1, 0.15) is 10.4 Å². The van der Waals surface area contributed by atoms with E-state index in [-0.39, 0.29) is 0 Å². The Morgan fingerprint density at radius 2 is 1.96 bits per heavy atom. The molecule has 1 aromatic carbocycles. The Hall–Kier alpha value is -3.32. The number of para-hydroxylation sites is 1. The molecule has 7 heteroatoms. The molecular formula is C18H13N5OS. The van der Waals surface area contributed by atoms with E-state index < -0.39 is 5.91 Å². The van der Waals surface area contributed by atoms with Gasteiger partial charge in [0.15, 0.2) is 5.82 Å². The van der Waals surface area contributed by atoms with Gasteiger partial charge in [-0.1, -0.05) is 12.1 Å². The summed E-state index contributed by atoms with van der Waals surface area (Å²) in [5, 5.41) is 6.07.